The van der Waals surface area contributed by atoms with Gasteiger partial charge in [-0.25, -0.2) is 5.01 Å². The van der Waals surface area contributed by atoms with E-state index in [0.717, 1.165) is 0 Å². The highest BCUT2D eigenvalue weighted by molar-refractivity contribution is 6.01. The van der Waals surface area contributed by atoms with E-state index in [1.54, 1.807) is 37.3 Å². The lowest BCUT2D eigenvalue weighted by Crippen LogP contribution is -2.36. The number of methoxy groups -OCH3 is 1. The van der Waals surface area contributed by atoms with Gasteiger partial charge in [-0.2, -0.15) is 0 Å². The molecule has 0 aliphatic heterocycles. The van der Waals surface area contributed by atoms with Crippen molar-refractivity contribution in [2.24, 2.45) is 0 Å². The first-order valence-corrected chi connectivity index (χ1v) is 4.47. The standard InChI is InChI=1S/C10H15N3O2/c1-13(2)12-10(14)9-7(11)5-4-6-8(9)15-3/h4-6H,11H2,1-3H3,(H,12,14). The van der Waals surface area contributed by atoms with Gasteiger partial charge in [0.2, 0.25) is 0 Å². The zero-order valence-corrected chi connectivity index (χ0v) is 9.07. The molecule has 1 aromatic rings. The van der Waals surface area contributed by atoms with Crippen LogP contribution in [0.1, 0.15) is 10.4 Å². The zero-order valence-electron chi connectivity index (χ0n) is 9.07. The third kappa shape index (κ3) is 2.60. The summed E-state index contributed by atoms with van der Waals surface area (Å²) in [5.41, 5.74) is 9.08. The lowest BCUT2D eigenvalue weighted by atomic mass is 10.1. The number of rotatable bonds is 3. The number of hydrazine groups is 1. The number of hydrogen-bond acceptors (Lipinski definition) is 4. The van der Waals surface area contributed by atoms with Crippen LogP contribution in [0.5, 0.6) is 5.75 Å². The fourth-order valence-corrected chi connectivity index (χ4v) is 1.22. The van der Waals surface area contributed by atoms with Crippen LogP contribution in [-0.4, -0.2) is 32.1 Å². The number of ether oxygens (including phenoxy) is 1. The van der Waals surface area contributed by atoms with Gasteiger partial charge in [0.05, 0.1) is 7.11 Å². The maximum absolute atomic E-state index is 11.7. The first-order valence-electron chi connectivity index (χ1n) is 4.47. The van der Waals surface area contributed by atoms with Crippen molar-refractivity contribution in [1.29, 1.82) is 0 Å². The van der Waals surface area contributed by atoms with Crippen LogP contribution >= 0.6 is 0 Å². The first-order chi connectivity index (χ1) is 7.06. The van der Waals surface area contributed by atoms with Crippen LogP contribution in [0.4, 0.5) is 5.69 Å². The Kier molecular flexibility index (Phi) is 3.51. The molecule has 0 aromatic heterocycles. The molecule has 15 heavy (non-hydrogen) atoms. The molecule has 5 heteroatoms. The van der Waals surface area contributed by atoms with Crippen LogP contribution < -0.4 is 15.9 Å². The summed E-state index contributed by atoms with van der Waals surface area (Å²) >= 11 is 0. The molecule has 0 aliphatic carbocycles. The Bertz CT molecular complexity index is 364. The molecular formula is C10H15N3O2. The largest absolute Gasteiger partial charge is 0.496 e. The number of hydrogen-bond donors (Lipinski definition) is 2. The molecule has 0 aliphatic rings. The Morgan fingerprint density at radius 1 is 1.47 bits per heavy atom. The smallest absolute Gasteiger partial charge is 0.271 e. The van der Waals surface area contributed by atoms with Crippen molar-refractivity contribution < 1.29 is 9.53 Å². The Labute approximate surface area is 88.8 Å². The summed E-state index contributed by atoms with van der Waals surface area (Å²) in [5, 5.41) is 1.55. The van der Waals surface area contributed by atoms with E-state index in [9.17, 15) is 4.79 Å². The number of nitrogens with zero attached hydrogens (tertiary/aromatic N) is 1. The molecule has 0 spiro atoms. The second kappa shape index (κ2) is 4.65. The van der Waals surface area contributed by atoms with Gasteiger partial charge in [-0.05, 0) is 12.1 Å². The van der Waals surface area contributed by atoms with Gasteiger partial charge in [-0.1, -0.05) is 6.07 Å². The molecule has 0 radical (unpaired) electrons. The molecule has 1 rings (SSSR count). The molecule has 0 saturated heterocycles. The second-order valence-electron chi connectivity index (χ2n) is 3.26. The number of anilines is 1. The molecule has 1 amide bonds. The van der Waals surface area contributed by atoms with E-state index in [2.05, 4.69) is 5.43 Å². The van der Waals surface area contributed by atoms with E-state index in [-0.39, 0.29) is 5.91 Å². The predicted molar refractivity (Wildman–Crippen MR) is 58.6 cm³/mol. The van der Waals surface area contributed by atoms with Crippen LogP contribution in [0.25, 0.3) is 0 Å². The molecule has 0 atom stereocenters. The van der Waals surface area contributed by atoms with Gasteiger partial charge < -0.3 is 10.5 Å². The van der Waals surface area contributed by atoms with Gasteiger partial charge in [0.1, 0.15) is 11.3 Å². The molecule has 0 bridgehead atoms. The van der Waals surface area contributed by atoms with Crippen LogP contribution in [0, 0.1) is 0 Å². The van der Waals surface area contributed by atoms with Gasteiger partial charge in [-0.3, -0.25) is 10.2 Å². The monoisotopic (exact) mass is 209 g/mol. The summed E-state index contributed by atoms with van der Waals surface area (Å²) in [4.78, 5) is 11.7. The lowest BCUT2D eigenvalue weighted by Gasteiger charge is -2.15. The summed E-state index contributed by atoms with van der Waals surface area (Å²) < 4.78 is 5.07. The van der Waals surface area contributed by atoms with Gasteiger partial charge in [-0.15, -0.1) is 0 Å². The van der Waals surface area contributed by atoms with E-state index in [1.807, 2.05) is 0 Å². The summed E-state index contributed by atoms with van der Waals surface area (Å²) in [7, 11) is 4.95. The number of amides is 1. The van der Waals surface area contributed by atoms with Gasteiger partial charge in [0.25, 0.3) is 5.91 Å². The van der Waals surface area contributed by atoms with Crippen molar-refractivity contribution in [3.8, 4) is 5.75 Å². The molecule has 82 valence electrons. The number of carbonyl (C=O) groups is 1. The average molecular weight is 209 g/mol. The van der Waals surface area contributed by atoms with Gasteiger partial charge >= 0.3 is 0 Å². The number of nitrogens with one attached hydrogen (secondary N) is 1. The highest BCUT2D eigenvalue weighted by Crippen LogP contribution is 2.23. The van der Waals surface area contributed by atoms with E-state index in [4.69, 9.17) is 10.5 Å². The SMILES string of the molecule is COc1cccc(N)c1C(=O)NN(C)C. The number of nitrogens with two attached hydrogens (primary N) is 1. The van der Waals surface area contributed by atoms with E-state index >= 15 is 0 Å². The van der Waals surface area contributed by atoms with Crippen molar-refractivity contribution in [2.45, 2.75) is 0 Å². The second-order valence-corrected chi connectivity index (χ2v) is 3.26. The van der Waals surface area contributed by atoms with Gasteiger partial charge in [0.15, 0.2) is 0 Å². The lowest BCUT2D eigenvalue weighted by molar-refractivity contribution is 0.0855. The minimum atomic E-state index is -0.282. The number of carbonyl (C=O) groups excluding carboxylic acids is 1. The molecule has 0 heterocycles. The van der Waals surface area contributed by atoms with Gasteiger partial charge in [0, 0.05) is 19.8 Å². The van der Waals surface area contributed by atoms with E-state index in [0.29, 0.717) is 17.0 Å². The van der Waals surface area contributed by atoms with Crippen LogP contribution in [0.2, 0.25) is 0 Å². The van der Waals surface area contributed by atoms with Crippen molar-refractivity contribution in [3.63, 3.8) is 0 Å². The highest BCUT2D eigenvalue weighted by atomic mass is 16.5. The molecule has 5 nitrogen and oxygen atoms in total. The Balaban J connectivity index is 3.06. The fraction of sp³-hybridized carbons (Fsp3) is 0.300. The quantitative estimate of drug-likeness (QED) is 0.561. The predicted octanol–water partition coefficient (Wildman–Crippen LogP) is 0.484. The van der Waals surface area contributed by atoms with Crippen molar-refractivity contribution in [1.82, 2.24) is 10.4 Å². The highest BCUT2D eigenvalue weighted by Gasteiger charge is 2.15. The van der Waals surface area contributed by atoms with Crippen molar-refractivity contribution in [3.05, 3.63) is 23.8 Å². The maximum atomic E-state index is 11.7. The Hall–Kier alpha value is -1.75. The molecular weight excluding hydrogens is 194 g/mol. The number of nitrogen functional groups attached to an aromatic ring is 1. The van der Waals surface area contributed by atoms with Crippen molar-refractivity contribution in [2.75, 3.05) is 26.9 Å². The summed E-state index contributed by atoms with van der Waals surface area (Å²) in [5.74, 6) is 0.185. The minimum absolute atomic E-state index is 0.282. The molecule has 0 unspecified atom stereocenters. The average Bonchev–Trinajstić information content (AvgIpc) is 2.15. The first kappa shape index (κ1) is 11.3. The summed E-state index contributed by atoms with van der Waals surface area (Å²) in [6.45, 7) is 0. The molecule has 0 saturated carbocycles. The van der Waals surface area contributed by atoms with Crippen LogP contribution in [0.15, 0.2) is 18.2 Å². The fourth-order valence-electron chi connectivity index (χ4n) is 1.22. The Morgan fingerprint density at radius 2 is 2.13 bits per heavy atom. The molecule has 0 fully saturated rings. The van der Waals surface area contributed by atoms with Crippen LogP contribution in [0.3, 0.4) is 0 Å². The minimum Gasteiger partial charge on any atom is -0.496 e. The maximum Gasteiger partial charge on any atom is 0.271 e. The molecule has 1 aromatic carbocycles. The summed E-state index contributed by atoms with van der Waals surface area (Å²) in [6, 6.07) is 5.09. The summed E-state index contributed by atoms with van der Waals surface area (Å²) in [6.07, 6.45) is 0. The number of benzene rings is 1. The third-order valence-electron chi connectivity index (χ3n) is 1.83. The van der Waals surface area contributed by atoms with Crippen LogP contribution in [-0.2, 0) is 0 Å². The zero-order chi connectivity index (χ0) is 11.4. The third-order valence-corrected chi connectivity index (χ3v) is 1.83. The van der Waals surface area contributed by atoms with Crippen molar-refractivity contribution >= 4 is 11.6 Å². The Morgan fingerprint density at radius 3 is 2.67 bits per heavy atom. The van der Waals surface area contributed by atoms with E-state index < -0.39 is 0 Å². The normalized spacial score (nSPS) is 10.1. The molecule has 3 N–H and O–H groups in total. The van der Waals surface area contributed by atoms with E-state index in [1.165, 1.54) is 7.11 Å². The topological polar surface area (TPSA) is 67.6 Å².